The van der Waals surface area contributed by atoms with E-state index in [9.17, 15) is 9.65 Å². The Balaban J connectivity index is 2.30. The number of rotatable bonds is 3. The maximum absolute atomic E-state index is 13.2. The first-order chi connectivity index (χ1) is 9.10. The molecule has 0 aliphatic heterocycles. The molecule has 1 nitrogen and oxygen atoms in total. The molecule has 0 N–H and O–H groups in total. The summed E-state index contributed by atoms with van der Waals surface area (Å²) in [5.74, 6) is -0.602. The number of benzene rings is 2. The van der Waals surface area contributed by atoms with Crippen LogP contribution < -0.4 is 0 Å². The van der Waals surface area contributed by atoms with Crippen LogP contribution in [0.4, 0.5) is 4.39 Å². The van der Waals surface area contributed by atoms with Crippen LogP contribution in [0.2, 0.25) is 0 Å². The second-order valence-electron chi connectivity index (χ2n) is 4.87. The van der Waals surface area contributed by atoms with E-state index < -0.39 is 0 Å². The molecule has 0 bridgehead atoms. The average Bonchev–Trinajstić information content (AvgIpc) is 2.39. The van der Waals surface area contributed by atoms with E-state index in [4.69, 9.17) is 0 Å². The summed E-state index contributed by atoms with van der Waals surface area (Å²) in [7, 11) is 0. The molecule has 0 saturated carbocycles. The standard InChI is InChI=1S/C17H16FN/c1-12-6-7-13(2)15(8-12)9-16(11-19)14-4-3-5-17(18)10-14/h3-8,10,16H,9H2,1-2H3. The van der Waals surface area contributed by atoms with Gasteiger partial charge >= 0.3 is 0 Å². The number of halogens is 1. The molecule has 0 aliphatic carbocycles. The molecule has 0 aromatic heterocycles. The first-order valence-corrected chi connectivity index (χ1v) is 6.31. The molecular weight excluding hydrogens is 237 g/mol. The Kier molecular flexibility index (Phi) is 3.97. The summed E-state index contributed by atoms with van der Waals surface area (Å²) in [6.45, 7) is 4.07. The van der Waals surface area contributed by atoms with E-state index in [1.54, 1.807) is 6.07 Å². The highest BCUT2D eigenvalue weighted by atomic mass is 19.1. The van der Waals surface area contributed by atoms with Crippen LogP contribution in [0.25, 0.3) is 0 Å². The van der Waals surface area contributed by atoms with E-state index in [2.05, 4.69) is 24.3 Å². The summed E-state index contributed by atoms with van der Waals surface area (Å²) in [5.41, 5.74) is 4.23. The minimum atomic E-state index is -0.309. The second-order valence-corrected chi connectivity index (χ2v) is 4.87. The molecule has 0 aliphatic rings. The third kappa shape index (κ3) is 3.20. The van der Waals surface area contributed by atoms with E-state index >= 15 is 0 Å². The van der Waals surface area contributed by atoms with Crippen LogP contribution >= 0.6 is 0 Å². The smallest absolute Gasteiger partial charge is 0.123 e. The van der Waals surface area contributed by atoms with Crippen LogP contribution in [0.5, 0.6) is 0 Å². The summed E-state index contributed by atoms with van der Waals surface area (Å²) < 4.78 is 13.2. The fourth-order valence-electron chi connectivity index (χ4n) is 2.20. The van der Waals surface area contributed by atoms with E-state index in [1.165, 1.54) is 23.3 Å². The normalized spacial score (nSPS) is 11.9. The van der Waals surface area contributed by atoms with Crippen LogP contribution in [-0.2, 0) is 6.42 Å². The Morgan fingerprint density at radius 2 is 1.95 bits per heavy atom. The van der Waals surface area contributed by atoms with Crippen molar-refractivity contribution in [1.82, 2.24) is 0 Å². The second kappa shape index (κ2) is 5.67. The predicted octanol–water partition coefficient (Wildman–Crippen LogP) is 4.29. The van der Waals surface area contributed by atoms with Gasteiger partial charge in [-0.15, -0.1) is 0 Å². The molecule has 19 heavy (non-hydrogen) atoms. The van der Waals surface area contributed by atoms with Crippen molar-refractivity contribution in [3.63, 3.8) is 0 Å². The molecule has 1 atom stereocenters. The largest absolute Gasteiger partial charge is 0.207 e. The molecule has 0 amide bonds. The molecule has 2 heteroatoms. The SMILES string of the molecule is Cc1ccc(C)c(CC(C#N)c2cccc(F)c2)c1. The van der Waals surface area contributed by atoms with Crippen molar-refractivity contribution in [1.29, 1.82) is 5.26 Å². The van der Waals surface area contributed by atoms with E-state index in [0.717, 1.165) is 11.1 Å². The van der Waals surface area contributed by atoms with Crippen molar-refractivity contribution in [3.05, 3.63) is 70.5 Å². The monoisotopic (exact) mass is 253 g/mol. The zero-order valence-electron chi connectivity index (χ0n) is 11.2. The van der Waals surface area contributed by atoms with Crippen LogP contribution in [0.15, 0.2) is 42.5 Å². The van der Waals surface area contributed by atoms with Gasteiger partial charge in [0.25, 0.3) is 0 Å². The zero-order valence-corrected chi connectivity index (χ0v) is 11.2. The Bertz CT molecular complexity index is 625. The third-order valence-corrected chi connectivity index (χ3v) is 3.34. The maximum Gasteiger partial charge on any atom is 0.123 e. The van der Waals surface area contributed by atoms with Gasteiger partial charge in [0.1, 0.15) is 5.82 Å². The van der Waals surface area contributed by atoms with Crippen LogP contribution in [0.3, 0.4) is 0 Å². The highest BCUT2D eigenvalue weighted by molar-refractivity contribution is 5.35. The Hall–Kier alpha value is -2.14. The third-order valence-electron chi connectivity index (χ3n) is 3.34. The summed E-state index contributed by atoms with van der Waals surface area (Å²) in [4.78, 5) is 0. The van der Waals surface area contributed by atoms with Crippen molar-refractivity contribution in [2.75, 3.05) is 0 Å². The average molecular weight is 253 g/mol. The zero-order chi connectivity index (χ0) is 13.8. The molecule has 0 saturated heterocycles. The van der Waals surface area contributed by atoms with Crippen molar-refractivity contribution < 1.29 is 4.39 Å². The maximum atomic E-state index is 13.2. The number of hydrogen-bond donors (Lipinski definition) is 0. The molecule has 2 aromatic carbocycles. The lowest BCUT2D eigenvalue weighted by atomic mass is 9.90. The highest BCUT2D eigenvalue weighted by Gasteiger charge is 2.13. The number of aryl methyl sites for hydroxylation is 2. The first-order valence-electron chi connectivity index (χ1n) is 6.31. The van der Waals surface area contributed by atoms with E-state index in [-0.39, 0.29) is 11.7 Å². The first kappa shape index (κ1) is 13.3. The molecule has 0 radical (unpaired) electrons. The minimum Gasteiger partial charge on any atom is -0.207 e. The molecule has 0 heterocycles. The molecule has 0 spiro atoms. The number of hydrogen-bond acceptors (Lipinski definition) is 1. The molecule has 1 unspecified atom stereocenters. The lowest BCUT2D eigenvalue weighted by Crippen LogP contribution is -2.03. The van der Waals surface area contributed by atoms with E-state index in [1.807, 2.05) is 19.9 Å². The van der Waals surface area contributed by atoms with Gasteiger partial charge in [-0.05, 0) is 49.1 Å². The Morgan fingerprint density at radius 3 is 2.63 bits per heavy atom. The lowest BCUT2D eigenvalue weighted by Gasteiger charge is -2.12. The van der Waals surface area contributed by atoms with Gasteiger partial charge in [-0.2, -0.15) is 5.26 Å². The Labute approximate surface area is 113 Å². The minimum absolute atomic E-state index is 0.293. The predicted molar refractivity (Wildman–Crippen MR) is 74.4 cm³/mol. The van der Waals surface area contributed by atoms with Crippen LogP contribution in [0.1, 0.15) is 28.2 Å². The Morgan fingerprint density at radius 1 is 1.16 bits per heavy atom. The highest BCUT2D eigenvalue weighted by Crippen LogP contribution is 2.23. The van der Waals surface area contributed by atoms with Crippen molar-refractivity contribution in [2.45, 2.75) is 26.2 Å². The quantitative estimate of drug-likeness (QED) is 0.800. The summed E-state index contributed by atoms with van der Waals surface area (Å²) in [6.07, 6.45) is 0.619. The van der Waals surface area contributed by atoms with Gasteiger partial charge in [0, 0.05) is 0 Å². The fraction of sp³-hybridized carbons (Fsp3) is 0.235. The topological polar surface area (TPSA) is 23.8 Å². The summed E-state index contributed by atoms with van der Waals surface area (Å²) >= 11 is 0. The number of nitriles is 1. The fourth-order valence-corrected chi connectivity index (χ4v) is 2.20. The molecular formula is C17H16FN. The summed E-state index contributed by atoms with van der Waals surface area (Å²) in [6, 6.07) is 14.8. The van der Waals surface area contributed by atoms with E-state index in [0.29, 0.717) is 6.42 Å². The van der Waals surface area contributed by atoms with Crippen molar-refractivity contribution in [3.8, 4) is 6.07 Å². The van der Waals surface area contributed by atoms with Crippen molar-refractivity contribution >= 4 is 0 Å². The van der Waals surface area contributed by atoms with Crippen LogP contribution in [-0.4, -0.2) is 0 Å². The van der Waals surface area contributed by atoms with Gasteiger partial charge in [0.15, 0.2) is 0 Å². The van der Waals surface area contributed by atoms with Gasteiger partial charge in [0.2, 0.25) is 0 Å². The molecule has 2 aromatic rings. The van der Waals surface area contributed by atoms with Gasteiger partial charge in [0.05, 0.1) is 12.0 Å². The van der Waals surface area contributed by atoms with Gasteiger partial charge in [-0.1, -0.05) is 35.9 Å². The molecule has 96 valence electrons. The number of nitrogens with zero attached hydrogens (tertiary/aromatic N) is 1. The van der Waals surface area contributed by atoms with Gasteiger partial charge in [-0.25, -0.2) is 4.39 Å². The molecule has 0 fully saturated rings. The van der Waals surface area contributed by atoms with Gasteiger partial charge < -0.3 is 0 Å². The van der Waals surface area contributed by atoms with Crippen molar-refractivity contribution in [2.24, 2.45) is 0 Å². The van der Waals surface area contributed by atoms with Crippen LogP contribution in [0, 0.1) is 31.0 Å². The molecule has 2 rings (SSSR count). The summed E-state index contributed by atoms with van der Waals surface area (Å²) in [5, 5.41) is 9.32. The van der Waals surface area contributed by atoms with Gasteiger partial charge in [-0.3, -0.25) is 0 Å². The lowest BCUT2D eigenvalue weighted by molar-refractivity contribution is 0.623.